The summed E-state index contributed by atoms with van der Waals surface area (Å²) >= 11 is 0. The van der Waals surface area contributed by atoms with Crippen LogP contribution in [0.3, 0.4) is 0 Å². The molecule has 0 bridgehead atoms. The number of anilines is 1. The summed E-state index contributed by atoms with van der Waals surface area (Å²) in [5, 5.41) is 3.00. The smallest absolute Gasteiger partial charge is 0.243 e. The summed E-state index contributed by atoms with van der Waals surface area (Å²) in [4.78, 5) is 11.6. The maximum absolute atomic E-state index is 13.6. The first-order valence-electron chi connectivity index (χ1n) is 5.86. The van der Waals surface area contributed by atoms with Crippen molar-refractivity contribution in [3.05, 3.63) is 30.1 Å². The van der Waals surface area contributed by atoms with E-state index in [1.807, 2.05) is 0 Å². The number of benzene rings is 1. The third kappa shape index (κ3) is 2.25. The molecule has 3 nitrogen and oxygen atoms in total. The number of para-hydroxylation sites is 1. The predicted molar refractivity (Wildman–Crippen MR) is 65.0 cm³/mol. The number of nitrogens with two attached hydrogens (primary N) is 1. The van der Waals surface area contributed by atoms with Gasteiger partial charge in [0.25, 0.3) is 0 Å². The van der Waals surface area contributed by atoms with Crippen LogP contribution in [-0.4, -0.2) is 11.4 Å². The molecule has 0 heterocycles. The fraction of sp³-hybridized carbons (Fsp3) is 0.462. The number of carbonyl (C=O) groups is 1. The van der Waals surface area contributed by atoms with Crippen molar-refractivity contribution in [3.8, 4) is 0 Å². The molecule has 1 saturated carbocycles. The van der Waals surface area contributed by atoms with E-state index in [9.17, 15) is 9.18 Å². The van der Waals surface area contributed by atoms with Crippen LogP contribution in [0.5, 0.6) is 0 Å². The molecule has 1 aliphatic rings. The molecule has 4 heteroatoms. The molecule has 2 rings (SSSR count). The quantitative estimate of drug-likeness (QED) is 0.846. The van der Waals surface area contributed by atoms with Crippen LogP contribution in [0, 0.1) is 11.7 Å². The summed E-state index contributed by atoms with van der Waals surface area (Å²) in [6, 6.07) is 6.35. The molecule has 2 atom stereocenters. The van der Waals surface area contributed by atoms with E-state index in [1.54, 1.807) is 18.2 Å². The van der Waals surface area contributed by atoms with Crippen molar-refractivity contribution in [1.29, 1.82) is 0 Å². The highest BCUT2D eigenvalue weighted by atomic mass is 19.1. The second kappa shape index (κ2) is 4.35. The first kappa shape index (κ1) is 11.9. The summed E-state index contributed by atoms with van der Waals surface area (Å²) < 4.78 is 13.6. The molecular formula is C13H17FN2O. The van der Waals surface area contributed by atoms with Crippen LogP contribution in [0.1, 0.15) is 26.2 Å². The van der Waals surface area contributed by atoms with Gasteiger partial charge in [-0.25, -0.2) is 4.39 Å². The number of amides is 1. The van der Waals surface area contributed by atoms with E-state index in [-0.39, 0.29) is 5.82 Å². The van der Waals surface area contributed by atoms with Crippen LogP contribution >= 0.6 is 0 Å². The Morgan fingerprint density at radius 2 is 2.24 bits per heavy atom. The fourth-order valence-corrected chi connectivity index (χ4v) is 2.51. The molecule has 3 N–H and O–H groups in total. The van der Waals surface area contributed by atoms with Gasteiger partial charge < -0.3 is 11.1 Å². The van der Waals surface area contributed by atoms with Gasteiger partial charge in [-0.3, -0.25) is 4.79 Å². The minimum atomic E-state index is -0.790. The van der Waals surface area contributed by atoms with Crippen LogP contribution in [0.15, 0.2) is 24.3 Å². The predicted octanol–water partition coefficient (Wildman–Crippen LogP) is 2.28. The highest BCUT2D eigenvalue weighted by Crippen LogP contribution is 2.37. The lowest BCUT2D eigenvalue weighted by atomic mass is 9.94. The summed E-state index contributed by atoms with van der Waals surface area (Å²) in [6.07, 6.45) is 2.26. The van der Waals surface area contributed by atoms with Crippen LogP contribution in [0.4, 0.5) is 10.1 Å². The highest BCUT2D eigenvalue weighted by molar-refractivity contribution is 5.88. The number of carbonyl (C=O) groups excluding carboxylic acids is 1. The van der Waals surface area contributed by atoms with Gasteiger partial charge in [0, 0.05) is 0 Å². The first-order chi connectivity index (χ1) is 8.03. The second-order valence-corrected chi connectivity index (χ2v) is 4.90. The van der Waals surface area contributed by atoms with Gasteiger partial charge in [-0.1, -0.05) is 19.1 Å². The first-order valence-corrected chi connectivity index (χ1v) is 5.86. The average molecular weight is 236 g/mol. The highest BCUT2D eigenvalue weighted by Gasteiger charge is 2.42. The van der Waals surface area contributed by atoms with Gasteiger partial charge in [0.05, 0.1) is 5.69 Å². The molecule has 92 valence electrons. The maximum atomic E-state index is 13.6. The Kier molecular flexibility index (Phi) is 3.05. The van der Waals surface area contributed by atoms with Crippen LogP contribution < -0.4 is 11.1 Å². The summed E-state index contributed by atoms with van der Waals surface area (Å²) in [7, 11) is 0. The normalized spacial score (nSPS) is 28.0. The van der Waals surface area contributed by atoms with E-state index >= 15 is 0 Å². The van der Waals surface area contributed by atoms with Gasteiger partial charge in [-0.15, -0.1) is 0 Å². The van der Waals surface area contributed by atoms with E-state index in [0.29, 0.717) is 24.4 Å². The monoisotopic (exact) mass is 236 g/mol. The largest absolute Gasteiger partial charge is 0.369 e. The van der Waals surface area contributed by atoms with E-state index in [2.05, 4.69) is 12.2 Å². The molecule has 1 aromatic rings. The topological polar surface area (TPSA) is 55.1 Å². The molecule has 0 radical (unpaired) electrons. The zero-order valence-corrected chi connectivity index (χ0v) is 9.87. The summed E-state index contributed by atoms with van der Waals surface area (Å²) in [5.74, 6) is -0.320. The van der Waals surface area contributed by atoms with Crippen molar-refractivity contribution in [2.75, 3.05) is 5.32 Å². The lowest BCUT2D eigenvalue weighted by Crippen LogP contribution is -2.48. The van der Waals surface area contributed by atoms with Crippen molar-refractivity contribution < 1.29 is 9.18 Å². The Labute approximate surface area is 100 Å². The number of hydrogen-bond acceptors (Lipinski definition) is 2. The van der Waals surface area contributed by atoms with E-state index in [4.69, 9.17) is 5.73 Å². The molecule has 1 aliphatic carbocycles. The van der Waals surface area contributed by atoms with Gasteiger partial charge in [-0.2, -0.15) is 0 Å². The molecule has 0 aliphatic heterocycles. The minimum Gasteiger partial charge on any atom is -0.369 e. The average Bonchev–Trinajstić information content (AvgIpc) is 2.65. The Morgan fingerprint density at radius 1 is 1.53 bits per heavy atom. The Balaban J connectivity index is 2.26. The fourth-order valence-electron chi connectivity index (χ4n) is 2.51. The number of nitrogens with one attached hydrogen (secondary N) is 1. The maximum Gasteiger partial charge on any atom is 0.243 e. The van der Waals surface area contributed by atoms with Crippen molar-refractivity contribution in [1.82, 2.24) is 0 Å². The van der Waals surface area contributed by atoms with Gasteiger partial charge >= 0.3 is 0 Å². The standard InChI is InChI=1S/C13H17FN2O/c1-9-6-7-13(8-9,12(15)17)16-11-5-3-2-4-10(11)14/h2-5,9,16H,6-8H2,1H3,(H2,15,17). The molecule has 17 heavy (non-hydrogen) atoms. The number of hydrogen-bond donors (Lipinski definition) is 2. The van der Waals surface area contributed by atoms with E-state index in [0.717, 1.165) is 6.42 Å². The van der Waals surface area contributed by atoms with Crippen molar-refractivity contribution in [2.45, 2.75) is 31.7 Å². The number of halogens is 1. The molecule has 1 aromatic carbocycles. The van der Waals surface area contributed by atoms with E-state index < -0.39 is 11.4 Å². The van der Waals surface area contributed by atoms with E-state index in [1.165, 1.54) is 6.07 Å². The van der Waals surface area contributed by atoms with Crippen molar-refractivity contribution in [3.63, 3.8) is 0 Å². The summed E-state index contributed by atoms with van der Waals surface area (Å²) in [6.45, 7) is 2.08. The molecule has 2 unspecified atom stereocenters. The van der Waals surface area contributed by atoms with Crippen LogP contribution in [0.25, 0.3) is 0 Å². The number of primary amides is 1. The lowest BCUT2D eigenvalue weighted by molar-refractivity contribution is -0.122. The Morgan fingerprint density at radius 3 is 2.76 bits per heavy atom. The van der Waals surface area contributed by atoms with Crippen LogP contribution in [-0.2, 0) is 4.79 Å². The Bertz CT molecular complexity index is 435. The zero-order valence-electron chi connectivity index (χ0n) is 9.87. The minimum absolute atomic E-state index is 0.348. The Hall–Kier alpha value is -1.58. The third-order valence-electron chi connectivity index (χ3n) is 3.48. The van der Waals surface area contributed by atoms with Crippen molar-refractivity contribution >= 4 is 11.6 Å². The van der Waals surface area contributed by atoms with Gasteiger partial charge in [0.1, 0.15) is 11.4 Å². The second-order valence-electron chi connectivity index (χ2n) is 4.90. The van der Waals surface area contributed by atoms with Gasteiger partial charge in [0.2, 0.25) is 5.91 Å². The third-order valence-corrected chi connectivity index (χ3v) is 3.48. The SMILES string of the molecule is CC1CCC(Nc2ccccc2F)(C(N)=O)C1. The van der Waals surface area contributed by atoms with Gasteiger partial charge in [0.15, 0.2) is 0 Å². The van der Waals surface area contributed by atoms with Crippen molar-refractivity contribution in [2.24, 2.45) is 11.7 Å². The molecule has 1 amide bonds. The molecule has 0 aromatic heterocycles. The molecule has 0 saturated heterocycles. The lowest BCUT2D eigenvalue weighted by Gasteiger charge is -2.28. The zero-order chi connectivity index (χ0) is 12.5. The molecular weight excluding hydrogens is 219 g/mol. The van der Waals surface area contributed by atoms with Crippen LogP contribution in [0.2, 0.25) is 0 Å². The molecule has 0 spiro atoms. The number of rotatable bonds is 3. The summed E-state index contributed by atoms with van der Waals surface area (Å²) in [5.41, 5.74) is 5.03. The molecule has 1 fully saturated rings. The van der Waals surface area contributed by atoms with Gasteiger partial charge in [-0.05, 0) is 37.3 Å².